The van der Waals surface area contributed by atoms with Crippen molar-refractivity contribution in [2.24, 2.45) is 5.73 Å². The van der Waals surface area contributed by atoms with Crippen LogP contribution in [0.4, 0.5) is 0 Å². The molecule has 1 aliphatic rings. The number of halogens is 1. The van der Waals surface area contributed by atoms with E-state index in [1.807, 2.05) is 0 Å². The van der Waals surface area contributed by atoms with Gasteiger partial charge in [-0.05, 0) is 24.3 Å². The molecule has 22 heavy (non-hydrogen) atoms. The largest absolute Gasteiger partial charge is 0.465 e. The number of hydrogen-bond acceptors (Lipinski definition) is 6. The van der Waals surface area contributed by atoms with Gasteiger partial charge in [-0.1, -0.05) is 0 Å². The summed E-state index contributed by atoms with van der Waals surface area (Å²) in [6.07, 6.45) is -0.289. The summed E-state index contributed by atoms with van der Waals surface area (Å²) < 4.78 is 36.3. The van der Waals surface area contributed by atoms with E-state index in [0.29, 0.717) is 12.2 Å². The monoisotopic (exact) mass is 350 g/mol. The molecule has 1 aliphatic heterocycles. The lowest BCUT2D eigenvalue weighted by Crippen LogP contribution is -2.48. The molecule has 1 fully saturated rings. The number of methoxy groups -OCH3 is 1. The van der Waals surface area contributed by atoms with E-state index in [0.717, 1.165) is 0 Å². The number of morpholine rings is 1. The smallest absolute Gasteiger partial charge is 0.337 e. The molecule has 124 valence electrons. The van der Waals surface area contributed by atoms with Crippen LogP contribution in [0, 0.1) is 0 Å². The Morgan fingerprint density at radius 3 is 2.59 bits per heavy atom. The number of hydrogen-bond donors (Lipinski definition) is 1. The highest BCUT2D eigenvalue weighted by atomic mass is 35.5. The zero-order valence-electron chi connectivity index (χ0n) is 12.1. The third-order valence-corrected chi connectivity index (χ3v) is 5.16. The molecule has 1 saturated heterocycles. The zero-order chi connectivity index (χ0) is 15.5. The number of carbonyl (C=O) groups is 1. The van der Waals surface area contributed by atoms with Gasteiger partial charge in [-0.3, -0.25) is 0 Å². The lowest BCUT2D eigenvalue weighted by atomic mass is 10.2. The first-order chi connectivity index (χ1) is 9.98. The Kier molecular flexibility index (Phi) is 6.76. The van der Waals surface area contributed by atoms with Gasteiger partial charge in [0.1, 0.15) is 0 Å². The first-order valence-electron chi connectivity index (χ1n) is 6.49. The first kappa shape index (κ1) is 18.9. The lowest BCUT2D eigenvalue weighted by molar-refractivity contribution is 0.00450. The molecule has 0 spiro atoms. The quantitative estimate of drug-likeness (QED) is 0.781. The van der Waals surface area contributed by atoms with Crippen LogP contribution >= 0.6 is 12.4 Å². The molecule has 0 aromatic heterocycles. The molecule has 1 unspecified atom stereocenters. The Labute approximate surface area is 135 Å². The van der Waals surface area contributed by atoms with E-state index >= 15 is 0 Å². The van der Waals surface area contributed by atoms with Gasteiger partial charge in [-0.25, -0.2) is 13.2 Å². The number of esters is 1. The van der Waals surface area contributed by atoms with Crippen LogP contribution < -0.4 is 5.73 Å². The minimum Gasteiger partial charge on any atom is -0.465 e. The number of benzene rings is 1. The highest BCUT2D eigenvalue weighted by Crippen LogP contribution is 2.19. The van der Waals surface area contributed by atoms with Crippen molar-refractivity contribution in [1.82, 2.24) is 4.31 Å². The molecule has 1 aromatic rings. The van der Waals surface area contributed by atoms with Crippen molar-refractivity contribution in [2.75, 3.05) is 33.4 Å². The van der Waals surface area contributed by atoms with Crippen LogP contribution in [-0.2, 0) is 19.5 Å². The fraction of sp³-hybridized carbons (Fsp3) is 0.462. The second-order valence-corrected chi connectivity index (χ2v) is 6.55. The first-order valence-corrected chi connectivity index (χ1v) is 7.93. The summed E-state index contributed by atoms with van der Waals surface area (Å²) in [5.74, 6) is -0.506. The molecule has 0 radical (unpaired) electrons. The number of rotatable bonds is 4. The van der Waals surface area contributed by atoms with Crippen molar-refractivity contribution in [3.05, 3.63) is 29.8 Å². The van der Waals surface area contributed by atoms with E-state index in [9.17, 15) is 13.2 Å². The average molecular weight is 351 g/mol. The van der Waals surface area contributed by atoms with Crippen LogP contribution in [0.15, 0.2) is 29.2 Å². The van der Waals surface area contributed by atoms with Crippen molar-refractivity contribution in [3.8, 4) is 0 Å². The molecule has 0 aliphatic carbocycles. The minimum absolute atomic E-state index is 0. The molecule has 1 heterocycles. The predicted octanol–water partition coefficient (Wildman–Crippen LogP) is 0.243. The van der Waals surface area contributed by atoms with Crippen molar-refractivity contribution in [2.45, 2.75) is 11.0 Å². The van der Waals surface area contributed by atoms with Crippen LogP contribution in [0.2, 0.25) is 0 Å². The van der Waals surface area contributed by atoms with Crippen LogP contribution in [0.5, 0.6) is 0 Å². The third-order valence-electron chi connectivity index (χ3n) is 3.28. The number of ether oxygens (including phenoxy) is 2. The molecular weight excluding hydrogens is 332 g/mol. The number of nitrogens with zero attached hydrogens (tertiary/aromatic N) is 1. The van der Waals surface area contributed by atoms with Gasteiger partial charge in [0, 0.05) is 19.6 Å². The van der Waals surface area contributed by atoms with E-state index in [-0.39, 0.29) is 43.0 Å². The normalized spacial score (nSPS) is 19.3. The van der Waals surface area contributed by atoms with Gasteiger partial charge >= 0.3 is 5.97 Å². The van der Waals surface area contributed by atoms with Crippen molar-refractivity contribution >= 4 is 28.4 Å². The predicted molar refractivity (Wildman–Crippen MR) is 82.6 cm³/mol. The van der Waals surface area contributed by atoms with E-state index in [2.05, 4.69) is 4.74 Å². The Morgan fingerprint density at radius 2 is 2.05 bits per heavy atom. The van der Waals surface area contributed by atoms with Crippen molar-refractivity contribution in [1.29, 1.82) is 0 Å². The van der Waals surface area contributed by atoms with Gasteiger partial charge in [0.05, 0.1) is 30.3 Å². The number of carbonyl (C=O) groups excluding carboxylic acids is 1. The number of sulfonamides is 1. The maximum absolute atomic E-state index is 12.5. The Bertz CT molecular complexity index is 605. The van der Waals surface area contributed by atoms with Gasteiger partial charge < -0.3 is 15.2 Å². The average Bonchev–Trinajstić information content (AvgIpc) is 2.54. The molecule has 7 nitrogen and oxygen atoms in total. The highest BCUT2D eigenvalue weighted by Gasteiger charge is 2.30. The van der Waals surface area contributed by atoms with E-state index in [4.69, 9.17) is 10.5 Å². The van der Waals surface area contributed by atoms with Gasteiger partial charge in [0.25, 0.3) is 0 Å². The molecule has 1 atom stereocenters. The molecule has 9 heteroatoms. The fourth-order valence-electron chi connectivity index (χ4n) is 2.08. The molecule has 2 N–H and O–H groups in total. The molecule has 0 amide bonds. The molecule has 1 aromatic carbocycles. The van der Waals surface area contributed by atoms with Crippen molar-refractivity contribution in [3.63, 3.8) is 0 Å². The van der Waals surface area contributed by atoms with E-state index < -0.39 is 16.0 Å². The SMILES string of the molecule is COC(=O)c1ccc(S(=O)(=O)N2CCOC(CN)C2)cc1.Cl. The maximum atomic E-state index is 12.5. The second kappa shape index (κ2) is 7.89. The molecule has 2 rings (SSSR count). The minimum atomic E-state index is -3.61. The summed E-state index contributed by atoms with van der Waals surface area (Å²) in [5.41, 5.74) is 5.82. The van der Waals surface area contributed by atoms with Crippen LogP contribution in [0.25, 0.3) is 0 Å². The van der Waals surface area contributed by atoms with Gasteiger partial charge in [0.2, 0.25) is 10.0 Å². The van der Waals surface area contributed by atoms with Gasteiger partial charge in [-0.2, -0.15) is 4.31 Å². The standard InChI is InChI=1S/C13H18N2O5S.ClH/c1-19-13(16)10-2-4-12(5-3-10)21(17,18)15-6-7-20-11(8-14)9-15;/h2-5,11H,6-9,14H2,1H3;1H. The number of nitrogens with two attached hydrogens (primary N) is 1. The van der Waals surface area contributed by atoms with Gasteiger partial charge in [-0.15, -0.1) is 12.4 Å². The summed E-state index contributed by atoms with van der Waals surface area (Å²) in [7, 11) is -2.34. The second-order valence-electron chi connectivity index (χ2n) is 4.61. The van der Waals surface area contributed by atoms with Crippen LogP contribution in [0.3, 0.4) is 0 Å². The Morgan fingerprint density at radius 1 is 1.41 bits per heavy atom. The summed E-state index contributed by atoms with van der Waals surface area (Å²) in [6, 6.07) is 5.65. The Balaban J connectivity index is 0.00000242. The molecular formula is C13H19ClN2O5S. The van der Waals surface area contributed by atoms with E-state index in [1.54, 1.807) is 0 Å². The topological polar surface area (TPSA) is 98.9 Å². The van der Waals surface area contributed by atoms with Crippen LogP contribution in [-0.4, -0.2) is 58.1 Å². The highest BCUT2D eigenvalue weighted by molar-refractivity contribution is 7.89. The van der Waals surface area contributed by atoms with Crippen LogP contribution in [0.1, 0.15) is 10.4 Å². The maximum Gasteiger partial charge on any atom is 0.337 e. The Hall–Kier alpha value is -1.19. The summed E-state index contributed by atoms with van der Waals surface area (Å²) in [4.78, 5) is 11.5. The lowest BCUT2D eigenvalue weighted by Gasteiger charge is -2.31. The van der Waals surface area contributed by atoms with Crippen molar-refractivity contribution < 1.29 is 22.7 Å². The summed E-state index contributed by atoms with van der Waals surface area (Å²) >= 11 is 0. The summed E-state index contributed by atoms with van der Waals surface area (Å²) in [6.45, 7) is 1.11. The van der Waals surface area contributed by atoms with E-state index in [1.165, 1.54) is 35.7 Å². The third kappa shape index (κ3) is 3.96. The fourth-order valence-corrected chi connectivity index (χ4v) is 3.54. The zero-order valence-corrected chi connectivity index (χ0v) is 13.7. The molecule has 0 saturated carbocycles. The van der Waals surface area contributed by atoms with Gasteiger partial charge in [0.15, 0.2) is 0 Å². The molecule has 0 bridgehead atoms. The summed E-state index contributed by atoms with van der Waals surface area (Å²) in [5, 5.41) is 0.